The minimum Gasteiger partial charge on any atom is -0.450 e. The van der Waals surface area contributed by atoms with Crippen LogP contribution < -0.4 is 0 Å². The van der Waals surface area contributed by atoms with Crippen LogP contribution in [0.2, 0.25) is 0 Å². The Balaban J connectivity index is 1.37. The largest absolute Gasteiger partial charge is 0.450 e. The van der Waals surface area contributed by atoms with Crippen LogP contribution in [0.4, 0.5) is 0 Å². The molecule has 5 rings (SSSR count). The molecule has 20 atom stereocenters. The van der Waals surface area contributed by atoms with E-state index in [9.17, 15) is 56.2 Å². The highest BCUT2D eigenvalue weighted by molar-refractivity contribution is 5.75. The Morgan fingerprint density at radius 3 is 1.77 bits per heavy atom. The van der Waals surface area contributed by atoms with Gasteiger partial charge in [0.2, 0.25) is 6.29 Å². The molecule has 0 aliphatic carbocycles. The summed E-state index contributed by atoms with van der Waals surface area (Å²) in [6, 6.07) is -0.962. The molecule has 0 aromatic rings. The van der Waals surface area contributed by atoms with Crippen molar-refractivity contribution in [2.75, 3.05) is 19.8 Å². The summed E-state index contributed by atoms with van der Waals surface area (Å²) in [5.74, 6) is 0.219. The maximum atomic E-state index is 11.4. The van der Waals surface area contributed by atoms with Gasteiger partial charge in [-0.05, 0) is 6.42 Å². The third-order valence-corrected chi connectivity index (χ3v) is 9.01. The number of rotatable bonds is 10. The lowest BCUT2D eigenvalue weighted by Gasteiger charge is -2.48. The van der Waals surface area contributed by atoms with Gasteiger partial charge < -0.3 is 94.1 Å². The maximum Gasteiger partial charge on any atom is 0.227 e. The van der Waals surface area contributed by atoms with E-state index < -0.39 is 143 Å². The predicted octanol–water partition coefficient (Wildman–Crippen LogP) is -6.87. The van der Waals surface area contributed by atoms with Crippen molar-refractivity contribution < 1.29 is 94.1 Å². The molecule has 12 unspecified atom stereocenters. The standard InChI is InChI=1S/C27H45NO19/c1-3-8-13(31)17(35)20(38)26(42-8)47-23-15(33)11(6-40-25-19(37)18(36)14(32)9(4-29)43-25)45-27(21(23)39)46-22-10(5-30)44-24-12(16(22)34)28-7(2)41-24/h8-27,29-39H,3-6H2,1-2H3/t8?,9?,10?,11?,12?,13-,14-,15-,16?,17?,18?,19?,20?,21?,22-,23?,24+,25+,26-,27+/m1/s1. The minimum absolute atomic E-state index is 0.195. The van der Waals surface area contributed by atoms with Crippen LogP contribution in [-0.4, -0.2) is 205 Å². The van der Waals surface area contributed by atoms with Crippen molar-refractivity contribution in [3.63, 3.8) is 0 Å². The second-order valence-corrected chi connectivity index (χ2v) is 12.2. The first-order valence-corrected chi connectivity index (χ1v) is 15.4. The Bertz CT molecular complexity index is 1050. The number of nitrogens with zero attached hydrogens (tertiary/aromatic N) is 1. The van der Waals surface area contributed by atoms with Gasteiger partial charge in [-0.15, -0.1) is 0 Å². The third-order valence-electron chi connectivity index (χ3n) is 9.01. The van der Waals surface area contributed by atoms with Crippen LogP contribution in [-0.2, 0) is 37.9 Å². The molecule has 5 aliphatic heterocycles. The normalized spacial score (nSPS) is 52.1. The molecule has 4 fully saturated rings. The molecular formula is C27H45NO19. The van der Waals surface area contributed by atoms with Crippen LogP contribution >= 0.6 is 0 Å². The smallest absolute Gasteiger partial charge is 0.227 e. The van der Waals surface area contributed by atoms with E-state index in [-0.39, 0.29) is 12.3 Å². The number of fused-ring (bicyclic) bond motifs is 1. The third kappa shape index (κ3) is 7.31. The number of aliphatic hydroxyl groups is 11. The maximum absolute atomic E-state index is 11.4. The quantitative estimate of drug-likeness (QED) is 0.102. The molecular weight excluding hydrogens is 642 g/mol. The summed E-state index contributed by atoms with van der Waals surface area (Å²) >= 11 is 0. The fourth-order valence-corrected chi connectivity index (χ4v) is 6.25. The molecule has 272 valence electrons. The van der Waals surface area contributed by atoms with Gasteiger partial charge in [0, 0.05) is 6.92 Å². The van der Waals surface area contributed by atoms with E-state index in [1.807, 2.05) is 0 Å². The first-order valence-electron chi connectivity index (χ1n) is 15.4. The summed E-state index contributed by atoms with van der Waals surface area (Å²) in [7, 11) is 0. The first kappa shape index (κ1) is 37.0. The number of ether oxygens (including phenoxy) is 8. The molecule has 0 radical (unpaired) electrons. The van der Waals surface area contributed by atoms with E-state index in [2.05, 4.69) is 4.99 Å². The number of aliphatic hydroxyl groups excluding tert-OH is 11. The van der Waals surface area contributed by atoms with Gasteiger partial charge in [0.05, 0.1) is 25.9 Å². The van der Waals surface area contributed by atoms with Crippen molar-refractivity contribution in [2.45, 2.75) is 143 Å². The van der Waals surface area contributed by atoms with Crippen LogP contribution in [0.15, 0.2) is 4.99 Å². The Morgan fingerprint density at radius 2 is 1.13 bits per heavy atom. The molecule has 47 heavy (non-hydrogen) atoms. The molecule has 0 bridgehead atoms. The molecule has 0 amide bonds. The van der Waals surface area contributed by atoms with Crippen LogP contribution in [0.5, 0.6) is 0 Å². The topological polar surface area (TPSA) is 309 Å². The fourth-order valence-electron chi connectivity index (χ4n) is 6.25. The molecule has 11 N–H and O–H groups in total. The Hall–Kier alpha value is -1.25. The number of hydrogen-bond donors (Lipinski definition) is 11. The summed E-state index contributed by atoms with van der Waals surface area (Å²) in [6.07, 6.45) is -29.4. The van der Waals surface area contributed by atoms with E-state index in [1.165, 1.54) is 6.92 Å². The van der Waals surface area contributed by atoms with E-state index >= 15 is 0 Å². The summed E-state index contributed by atoms with van der Waals surface area (Å²) in [4.78, 5) is 4.18. The minimum atomic E-state index is -1.90. The van der Waals surface area contributed by atoms with Gasteiger partial charge in [-0.1, -0.05) is 6.92 Å². The fraction of sp³-hybridized carbons (Fsp3) is 0.963. The summed E-state index contributed by atoms with van der Waals surface area (Å²) in [5, 5.41) is 115. The van der Waals surface area contributed by atoms with Gasteiger partial charge >= 0.3 is 0 Å². The zero-order valence-corrected chi connectivity index (χ0v) is 25.5. The molecule has 4 saturated heterocycles. The average molecular weight is 688 g/mol. The highest BCUT2D eigenvalue weighted by Crippen LogP contribution is 2.35. The molecule has 0 spiro atoms. The molecule has 0 saturated carbocycles. The molecule has 20 heteroatoms. The van der Waals surface area contributed by atoms with Gasteiger partial charge in [0.15, 0.2) is 24.8 Å². The van der Waals surface area contributed by atoms with Gasteiger partial charge in [-0.25, -0.2) is 4.99 Å². The van der Waals surface area contributed by atoms with E-state index in [4.69, 9.17) is 37.9 Å². The Labute approximate surface area is 268 Å². The van der Waals surface area contributed by atoms with Crippen LogP contribution in [0.3, 0.4) is 0 Å². The Morgan fingerprint density at radius 1 is 0.574 bits per heavy atom. The average Bonchev–Trinajstić information content (AvgIpc) is 3.44. The lowest BCUT2D eigenvalue weighted by atomic mass is 9.95. The zero-order valence-electron chi connectivity index (χ0n) is 25.5. The lowest BCUT2D eigenvalue weighted by molar-refractivity contribution is -0.378. The van der Waals surface area contributed by atoms with Gasteiger partial charge in [-0.3, -0.25) is 0 Å². The monoisotopic (exact) mass is 687 g/mol. The molecule has 5 aliphatic rings. The van der Waals surface area contributed by atoms with Gasteiger partial charge in [0.25, 0.3) is 0 Å². The van der Waals surface area contributed by atoms with E-state index in [1.54, 1.807) is 6.92 Å². The molecule has 0 aromatic heterocycles. The lowest BCUT2D eigenvalue weighted by Crippen LogP contribution is -2.66. The zero-order chi connectivity index (χ0) is 34.3. The van der Waals surface area contributed by atoms with Gasteiger partial charge in [0.1, 0.15) is 91.5 Å². The summed E-state index contributed by atoms with van der Waals surface area (Å²) in [6.45, 7) is 1.13. The van der Waals surface area contributed by atoms with Crippen molar-refractivity contribution >= 4 is 5.90 Å². The van der Waals surface area contributed by atoms with Crippen LogP contribution in [0, 0.1) is 0 Å². The van der Waals surface area contributed by atoms with E-state index in [0.717, 1.165) is 0 Å². The number of hydrogen-bond acceptors (Lipinski definition) is 20. The molecule has 0 aromatic carbocycles. The highest BCUT2D eigenvalue weighted by Gasteiger charge is 2.55. The van der Waals surface area contributed by atoms with Crippen molar-refractivity contribution in [3.8, 4) is 0 Å². The van der Waals surface area contributed by atoms with Crippen LogP contribution in [0.1, 0.15) is 20.3 Å². The van der Waals surface area contributed by atoms with Gasteiger partial charge in [-0.2, -0.15) is 0 Å². The molecule has 20 nitrogen and oxygen atoms in total. The van der Waals surface area contributed by atoms with Crippen molar-refractivity contribution in [2.24, 2.45) is 4.99 Å². The summed E-state index contributed by atoms with van der Waals surface area (Å²) in [5.41, 5.74) is 0. The second kappa shape index (κ2) is 15.3. The highest BCUT2D eigenvalue weighted by atomic mass is 16.8. The second-order valence-electron chi connectivity index (χ2n) is 12.2. The first-order chi connectivity index (χ1) is 22.3. The summed E-state index contributed by atoms with van der Waals surface area (Å²) < 4.78 is 45.1. The SMILES string of the molecule is CCC1O[C@H](OC2C(O)[C@H](O[C@@H]3C(CO)O[C@@H]4OC(C)=NC4C3O)OC(CO[C@H]3OC(CO)[C@@H](O)C(O)C3O)[C@H]2O)C(O)C(O)[C@@H]1O. The van der Waals surface area contributed by atoms with Crippen LogP contribution in [0.25, 0.3) is 0 Å². The van der Waals surface area contributed by atoms with E-state index in [0.29, 0.717) is 0 Å². The Kier molecular flexibility index (Phi) is 12.1. The van der Waals surface area contributed by atoms with Crippen molar-refractivity contribution in [1.82, 2.24) is 0 Å². The van der Waals surface area contributed by atoms with Crippen molar-refractivity contribution in [1.29, 1.82) is 0 Å². The molecule has 5 heterocycles. The van der Waals surface area contributed by atoms with Crippen molar-refractivity contribution in [3.05, 3.63) is 0 Å². The number of aliphatic imine (C=N–C) groups is 1. The predicted molar refractivity (Wildman–Crippen MR) is 147 cm³/mol.